The number of carbonyl (C=O) groups is 3. The predicted octanol–water partition coefficient (Wildman–Crippen LogP) is 2.68. The average molecular weight is 433 g/mol. The number of ether oxygens (including phenoxy) is 1. The summed E-state index contributed by atoms with van der Waals surface area (Å²) in [6, 6.07) is 9.17. The second kappa shape index (κ2) is 13.2. The van der Waals surface area contributed by atoms with Crippen molar-refractivity contribution >= 4 is 29.4 Å². The third-order valence-corrected chi connectivity index (χ3v) is 4.79. The van der Waals surface area contributed by atoms with E-state index < -0.39 is 30.4 Å². The molecule has 0 radical (unpaired) electrons. The molecule has 0 aliphatic rings. The second-order valence-corrected chi connectivity index (χ2v) is 7.08. The normalized spacial score (nSPS) is 12.0. The third-order valence-electron chi connectivity index (χ3n) is 4.54. The topological polar surface area (TPSA) is 123 Å². The third kappa shape index (κ3) is 8.10. The summed E-state index contributed by atoms with van der Waals surface area (Å²) in [4.78, 5) is 38.7. The smallest absolute Gasteiger partial charge is 0.329 e. The highest BCUT2D eigenvalue weighted by Crippen LogP contribution is 2.13. The highest BCUT2D eigenvalue weighted by molar-refractivity contribution is 6.30. The first-order chi connectivity index (χ1) is 14.3. The zero-order chi connectivity index (χ0) is 22.5. The van der Waals surface area contributed by atoms with E-state index in [-0.39, 0.29) is 31.8 Å². The number of nitriles is 2. The Kier molecular flexibility index (Phi) is 11.0. The van der Waals surface area contributed by atoms with Crippen molar-refractivity contribution in [2.24, 2.45) is 5.92 Å². The van der Waals surface area contributed by atoms with Gasteiger partial charge in [-0.05, 0) is 30.2 Å². The lowest BCUT2D eigenvalue weighted by Crippen LogP contribution is -2.47. The SMILES string of the molecule is CCC(C)C(NC(=O)c1ccc(Cl)cc1)C(=O)OCC(=O)N(CCC#N)CCC#N. The zero-order valence-electron chi connectivity index (χ0n) is 17.1. The molecule has 8 nitrogen and oxygen atoms in total. The number of esters is 1. The molecule has 1 aromatic carbocycles. The molecular weight excluding hydrogens is 408 g/mol. The van der Waals surface area contributed by atoms with Gasteiger partial charge in [0.2, 0.25) is 0 Å². The summed E-state index contributed by atoms with van der Waals surface area (Å²) in [5.41, 5.74) is 0.343. The monoisotopic (exact) mass is 432 g/mol. The van der Waals surface area contributed by atoms with Crippen LogP contribution in [-0.2, 0) is 14.3 Å². The van der Waals surface area contributed by atoms with Gasteiger partial charge >= 0.3 is 5.97 Å². The van der Waals surface area contributed by atoms with E-state index in [4.69, 9.17) is 26.9 Å². The van der Waals surface area contributed by atoms with Crippen LogP contribution in [0.4, 0.5) is 0 Å². The number of amides is 2. The Morgan fingerprint density at radius 2 is 1.70 bits per heavy atom. The molecule has 30 heavy (non-hydrogen) atoms. The molecule has 2 unspecified atom stereocenters. The molecule has 0 heterocycles. The molecule has 2 atom stereocenters. The molecule has 0 fully saturated rings. The number of rotatable bonds is 11. The van der Waals surface area contributed by atoms with Crippen LogP contribution >= 0.6 is 11.6 Å². The van der Waals surface area contributed by atoms with Crippen molar-refractivity contribution in [3.05, 3.63) is 34.9 Å². The summed E-state index contributed by atoms with van der Waals surface area (Å²) in [6.07, 6.45) is 0.820. The Bertz CT molecular complexity index is 796. The lowest BCUT2D eigenvalue weighted by molar-refractivity contribution is -0.154. The maximum atomic E-state index is 12.6. The minimum Gasteiger partial charge on any atom is -0.454 e. The maximum absolute atomic E-state index is 12.6. The van der Waals surface area contributed by atoms with E-state index in [2.05, 4.69) is 5.32 Å². The maximum Gasteiger partial charge on any atom is 0.329 e. The van der Waals surface area contributed by atoms with E-state index in [0.29, 0.717) is 17.0 Å². The van der Waals surface area contributed by atoms with E-state index in [0.717, 1.165) is 0 Å². The predicted molar refractivity (Wildman–Crippen MR) is 110 cm³/mol. The van der Waals surface area contributed by atoms with Crippen molar-refractivity contribution in [2.45, 2.75) is 39.2 Å². The van der Waals surface area contributed by atoms with Crippen LogP contribution < -0.4 is 5.32 Å². The van der Waals surface area contributed by atoms with Crippen LogP contribution in [0.15, 0.2) is 24.3 Å². The molecule has 0 saturated carbocycles. The fraction of sp³-hybridized carbons (Fsp3) is 0.476. The Morgan fingerprint density at radius 3 is 2.20 bits per heavy atom. The van der Waals surface area contributed by atoms with Gasteiger partial charge in [0.15, 0.2) is 6.61 Å². The van der Waals surface area contributed by atoms with E-state index in [1.807, 2.05) is 19.1 Å². The van der Waals surface area contributed by atoms with Gasteiger partial charge in [-0.15, -0.1) is 0 Å². The quantitative estimate of drug-likeness (QED) is 0.536. The van der Waals surface area contributed by atoms with Crippen LogP contribution in [0.3, 0.4) is 0 Å². The molecule has 0 aliphatic carbocycles. The molecular formula is C21H25ClN4O4. The highest BCUT2D eigenvalue weighted by Gasteiger charge is 2.29. The number of benzene rings is 1. The Balaban J connectivity index is 2.77. The number of hydrogen-bond acceptors (Lipinski definition) is 6. The second-order valence-electron chi connectivity index (χ2n) is 6.65. The van der Waals surface area contributed by atoms with Crippen molar-refractivity contribution < 1.29 is 19.1 Å². The van der Waals surface area contributed by atoms with Crippen LogP contribution in [0.5, 0.6) is 0 Å². The van der Waals surface area contributed by atoms with Gasteiger partial charge in [-0.2, -0.15) is 10.5 Å². The summed E-state index contributed by atoms with van der Waals surface area (Å²) in [7, 11) is 0. The highest BCUT2D eigenvalue weighted by atomic mass is 35.5. The fourth-order valence-corrected chi connectivity index (χ4v) is 2.67. The fourth-order valence-electron chi connectivity index (χ4n) is 2.54. The number of halogens is 1. The van der Waals surface area contributed by atoms with Crippen LogP contribution in [-0.4, -0.2) is 48.4 Å². The van der Waals surface area contributed by atoms with Gasteiger partial charge in [0.1, 0.15) is 6.04 Å². The van der Waals surface area contributed by atoms with E-state index >= 15 is 0 Å². The van der Waals surface area contributed by atoms with Crippen molar-refractivity contribution in [1.29, 1.82) is 10.5 Å². The number of nitrogens with zero attached hydrogens (tertiary/aromatic N) is 3. The molecule has 0 aromatic heterocycles. The van der Waals surface area contributed by atoms with Gasteiger partial charge < -0.3 is 15.0 Å². The van der Waals surface area contributed by atoms with Crippen LogP contribution in [0, 0.1) is 28.6 Å². The molecule has 0 spiro atoms. The number of carbonyl (C=O) groups excluding carboxylic acids is 3. The Labute approximate surface area is 181 Å². The molecule has 0 aliphatic heterocycles. The Hall–Kier alpha value is -3.10. The summed E-state index contributed by atoms with van der Waals surface area (Å²) in [5, 5.41) is 20.6. The average Bonchev–Trinajstić information content (AvgIpc) is 2.75. The number of hydrogen-bond donors (Lipinski definition) is 1. The molecule has 9 heteroatoms. The zero-order valence-corrected chi connectivity index (χ0v) is 17.8. The first-order valence-corrected chi connectivity index (χ1v) is 9.96. The lowest BCUT2D eigenvalue weighted by Gasteiger charge is -2.24. The van der Waals surface area contributed by atoms with E-state index in [9.17, 15) is 14.4 Å². The standard InChI is InChI=1S/C21H25ClN4O4/c1-3-15(2)19(25-20(28)16-6-8-17(22)9-7-16)21(29)30-14-18(27)26(12-4-10-23)13-5-11-24/h6-9,15,19H,3-5,12-14H2,1-2H3,(H,25,28). The lowest BCUT2D eigenvalue weighted by atomic mass is 9.99. The van der Waals surface area contributed by atoms with Crippen LogP contribution in [0.2, 0.25) is 5.02 Å². The molecule has 0 saturated heterocycles. The van der Waals surface area contributed by atoms with Crippen molar-refractivity contribution in [3.63, 3.8) is 0 Å². The largest absolute Gasteiger partial charge is 0.454 e. The van der Waals surface area contributed by atoms with Crippen LogP contribution in [0.25, 0.3) is 0 Å². The van der Waals surface area contributed by atoms with Crippen molar-refractivity contribution in [1.82, 2.24) is 10.2 Å². The molecule has 2 amide bonds. The van der Waals surface area contributed by atoms with Crippen molar-refractivity contribution in [2.75, 3.05) is 19.7 Å². The van der Waals surface area contributed by atoms with Gasteiger partial charge in [0.05, 0.1) is 25.0 Å². The first-order valence-electron chi connectivity index (χ1n) is 9.58. The van der Waals surface area contributed by atoms with Gasteiger partial charge in [0.25, 0.3) is 11.8 Å². The van der Waals surface area contributed by atoms with E-state index in [1.165, 1.54) is 4.90 Å². The van der Waals surface area contributed by atoms with Crippen LogP contribution in [0.1, 0.15) is 43.5 Å². The minimum atomic E-state index is -0.933. The number of nitrogens with one attached hydrogen (secondary N) is 1. The minimum absolute atomic E-state index is 0.109. The summed E-state index contributed by atoms with van der Waals surface area (Å²) >= 11 is 5.83. The molecule has 1 N–H and O–H groups in total. The molecule has 1 rings (SSSR count). The van der Waals surface area contributed by atoms with Gasteiger partial charge in [-0.1, -0.05) is 31.9 Å². The van der Waals surface area contributed by atoms with Gasteiger partial charge in [-0.3, -0.25) is 9.59 Å². The van der Waals surface area contributed by atoms with Gasteiger partial charge in [-0.25, -0.2) is 4.79 Å². The molecule has 0 bridgehead atoms. The van der Waals surface area contributed by atoms with Crippen molar-refractivity contribution in [3.8, 4) is 12.1 Å². The first kappa shape index (κ1) is 24.9. The summed E-state index contributed by atoms with van der Waals surface area (Å²) < 4.78 is 5.15. The van der Waals surface area contributed by atoms with Gasteiger partial charge in [0, 0.05) is 23.7 Å². The van der Waals surface area contributed by atoms with E-state index in [1.54, 1.807) is 31.2 Å². The summed E-state index contributed by atoms with van der Waals surface area (Å²) in [6.45, 7) is 3.44. The molecule has 160 valence electrons. The Morgan fingerprint density at radius 1 is 1.13 bits per heavy atom. The summed E-state index contributed by atoms with van der Waals surface area (Å²) in [5.74, 6) is -1.90. The molecule has 1 aromatic rings.